The van der Waals surface area contributed by atoms with Gasteiger partial charge < -0.3 is 10.2 Å². The number of rotatable bonds is 4. The molecule has 0 aliphatic carbocycles. The molecule has 82 valence electrons. The minimum atomic E-state index is 0.811. The van der Waals surface area contributed by atoms with Crippen molar-refractivity contribution in [3.8, 4) is 0 Å². The molecular formula is C11H18N4. The third-order valence-corrected chi connectivity index (χ3v) is 2.66. The van der Waals surface area contributed by atoms with E-state index in [2.05, 4.69) is 27.1 Å². The molecule has 0 atom stereocenters. The van der Waals surface area contributed by atoms with Crippen molar-refractivity contribution in [1.29, 1.82) is 0 Å². The summed E-state index contributed by atoms with van der Waals surface area (Å²) in [6, 6.07) is 0. The minimum Gasteiger partial charge on any atom is -0.355 e. The average Bonchev–Trinajstić information content (AvgIpc) is 2.80. The minimum absolute atomic E-state index is 0.811. The van der Waals surface area contributed by atoms with Gasteiger partial charge in [0.05, 0.1) is 11.9 Å². The molecule has 0 amide bonds. The van der Waals surface area contributed by atoms with Gasteiger partial charge in [-0.15, -0.1) is 0 Å². The Morgan fingerprint density at radius 1 is 1.33 bits per heavy atom. The Labute approximate surface area is 90.7 Å². The van der Waals surface area contributed by atoms with Crippen LogP contribution in [0.5, 0.6) is 0 Å². The van der Waals surface area contributed by atoms with Crippen molar-refractivity contribution in [2.24, 2.45) is 0 Å². The van der Waals surface area contributed by atoms with Crippen LogP contribution in [-0.2, 0) is 6.54 Å². The lowest BCUT2D eigenvalue weighted by Crippen LogP contribution is -2.21. The fourth-order valence-electron chi connectivity index (χ4n) is 1.83. The zero-order valence-electron chi connectivity index (χ0n) is 9.24. The van der Waals surface area contributed by atoms with Crippen molar-refractivity contribution in [1.82, 2.24) is 15.3 Å². The molecule has 2 heterocycles. The highest BCUT2D eigenvalue weighted by Crippen LogP contribution is 2.16. The molecule has 15 heavy (non-hydrogen) atoms. The van der Waals surface area contributed by atoms with Crippen molar-refractivity contribution in [3.63, 3.8) is 0 Å². The Bertz CT molecular complexity index is 307. The molecule has 0 unspecified atom stereocenters. The van der Waals surface area contributed by atoms with Crippen molar-refractivity contribution < 1.29 is 0 Å². The molecule has 0 radical (unpaired) electrons. The first kappa shape index (κ1) is 10.4. The summed E-state index contributed by atoms with van der Waals surface area (Å²) in [6.45, 7) is 6.12. The molecule has 0 spiro atoms. The van der Waals surface area contributed by atoms with E-state index >= 15 is 0 Å². The quantitative estimate of drug-likeness (QED) is 0.803. The van der Waals surface area contributed by atoms with Gasteiger partial charge in [0.1, 0.15) is 5.82 Å². The summed E-state index contributed by atoms with van der Waals surface area (Å²) in [5.74, 6) is 1.03. The third kappa shape index (κ3) is 2.65. The third-order valence-electron chi connectivity index (χ3n) is 2.66. The van der Waals surface area contributed by atoms with E-state index in [1.165, 1.54) is 12.8 Å². The Balaban J connectivity index is 2.04. The molecule has 1 fully saturated rings. The van der Waals surface area contributed by atoms with Crippen LogP contribution in [0.3, 0.4) is 0 Å². The number of nitrogens with zero attached hydrogens (tertiary/aromatic N) is 3. The normalized spacial score (nSPS) is 15.9. The predicted molar refractivity (Wildman–Crippen MR) is 60.9 cm³/mol. The standard InChI is InChI=1S/C11H18N4/c1-2-12-7-10-8-13-9-11(14-10)15-5-3-4-6-15/h8-9,12H,2-7H2,1H3. The highest BCUT2D eigenvalue weighted by molar-refractivity contribution is 5.37. The van der Waals surface area contributed by atoms with Crippen LogP contribution in [-0.4, -0.2) is 29.6 Å². The van der Waals surface area contributed by atoms with E-state index in [4.69, 9.17) is 0 Å². The molecular weight excluding hydrogens is 188 g/mol. The largest absolute Gasteiger partial charge is 0.355 e. The van der Waals surface area contributed by atoms with Gasteiger partial charge in [0, 0.05) is 25.8 Å². The summed E-state index contributed by atoms with van der Waals surface area (Å²) in [5, 5.41) is 3.26. The van der Waals surface area contributed by atoms with Crippen LogP contribution in [0, 0.1) is 0 Å². The number of aromatic nitrogens is 2. The monoisotopic (exact) mass is 206 g/mol. The molecule has 1 saturated heterocycles. The van der Waals surface area contributed by atoms with Gasteiger partial charge in [-0.2, -0.15) is 0 Å². The zero-order chi connectivity index (χ0) is 10.5. The summed E-state index contributed by atoms with van der Waals surface area (Å²) >= 11 is 0. The summed E-state index contributed by atoms with van der Waals surface area (Å²) in [6.07, 6.45) is 6.25. The average molecular weight is 206 g/mol. The van der Waals surface area contributed by atoms with Gasteiger partial charge in [-0.1, -0.05) is 6.92 Å². The topological polar surface area (TPSA) is 41.1 Å². The zero-order valence-corrected chi connectivity index (χ0v) is 9.24. The first-order valence-electron chi connectivity index (χ1n) is 5.66. The van der Waals surface area contributed by atoms with Gasteiger partial charge in [-0.3, -0.25) is 4.98 Å². The van der Waals surface area contributed by atoms with Crippen LogP contribution in [0.4, 0.5) is 5.82 Å². The van der Waals surface area contributed by atoms with E-state index in [1.54, 1.807) is 0 Å². The van der Waals surface area contributed by atoms with E-state index in [0.717, 1.165) is 37.7 Å². The molecule has 1 aliphatic heterocycles. The van der Waals surface area contributed by atoms with Crippen molar-refractivity contribution >= 4 is 5.82 Å². The van der Waals surface area contributed by atoms with Crippen LogP contribution < -0.4 is 10.2 Å². The maximum Gasteiger partial charge on any atom is 0.147 e. The highest BCUT2D eigenvalue weighted by atomic mass is 15.2. The summed E-state index contributed by atoms with van der Waals surface area (Å²) in [5.41, 5.74) is 1.03. The fraction of sp³-hybridized carbons (Fsp3) is 0.636. The van der Waals surface area contributed by atoms with Gasteiger partial charge >= 0.3 is 0 Å². The fourth-order valence-corrected chi connectivity index (χ4v) is 1.83. The second-order valence-corrected chi connectivity index (χ2v) is 3.84. The smallest absolute Gasteiger partial charge is 0.147 e. The Morgan fingerprint density at radius 3 is 2.87 bits per heavy atom. The van der Waals surface area contributed by atoms with Crippen LogP contribution in [0.2, 0.25) is 0 Å². The SMILES string of the molecule is CCNCc1cncc(N2CCCC2)n1. The maximum atomic E-state index is 4.59. The lowest BCUT2D eigenvalue weighted by Gasteiger charge is -2.16. The molecule has 0 bridgehead atoms. The summed E-state index contributed by atoms with van der Waals surface area (Å²) in [7, 11) is 0. The van der Waals surface area contributed by atoms with Gasteiger partial charge in [0.2, 0.25) is 0 Å². The first-order chi connectivity index (χ1) is 7.40. The molecule has 0 aromatic carbocycles. The molecule has 1 aromatic heterocycles. The number of hydrogen-bond donors (Lipinski definition) is 1. The van der Waals surface area contributed by atoms with Crippen LogP contribution in [0.25, 0.3) is 0 Å². The molecule has 1 N–H and O–H groups in total. The highest BCUT2D eigenvalue weighted by Gasteiger charge is 2.13. The molecule has 4 nitrogen and oxygen atoms in total. The summed E-state index contributed by atoms with van der Waals surface area (Å²) in [4.78, 5) is 11.1. The maximum absolute atomic E-state index is 4.59. The Hall–Kier alpha value is -1.16. The van der Waals surface area contributed by atoms with Crippen molar-refractivity contribution in [2.45, 2.75) is 26.3 Å². The van der Waals surface area contributed by atoms with Gasteiger partial charge in [-0.05, 0) is 19.4 Å². The predicted octanol–water partition coefficient (Wildman–Crippen LogP) is 1.19. The number of hydrogen-bond acceptors (Lipinski definition) is 4. The molecule has 0 saturated carbocycles. The Kier molecular flexibility index (Phi) is 3.50. The van der Waals surface area contributed by atoms with Crippen LogP contribution in [0.15, 0.2) is 12.4 Å². The van der Waals surface area contributed by atoms with Crippen LogP contribution >= 0.6 is 0 Å². The molecule has 4 heteroatoms. The molecule has 1 aliphatic rings. The van der Waals surface area contributed by atoms with Crippen molar-refractivity contribution in [2.75, 3.05) is 24.5 Å². The molecule has 1 aromatic rings. The van der Waals surface area contributed by atoms with E-state index in [1.807, 2.05) is 12.4 Å². The molecule has 2 rings (SSSR count). The number of anilines is 1. The van der Waals surface area contributed by atoms with E-state index < -0.39 is 0 Å². The summed E-state index contributed by atoms with van der Waals surface area (Å²) < 4.78 is 0. The lowest BCUT2D eigenvalue weighted by molar-refractivity contribution is 0.705. The van der Waals surface area contributed by atoms with Crippen LogP contribution in [0.1, 0.15) is 25.5 Å². The van der Waals surface area contributed by atoms with Gasteiger partial charge in [-0.25, -0.2) is 4.98 Å². The Morgan fingerprint density at radius 2 is 2.13 bits per heavy atom. The van der Waals surface area contributed by atoms with E-state index in [9.17, 15) is 0 Å². The van der Waals surface area contributed by atoms with Gasteiger partial charge in [0.15, 0.2) is 0 Å². The first-order valence-corrected chi connectivity index (χ1v) is 5.66. The second-order valence-electron chi connectivity index (χ2n) is 3.84. The van der Waals surface area contributed by atoms with E-state index in [0.29, 0.717) is 0 Å². The lowest BCUT2D eigenvalue weighted by atomic mass is 10.4. The second kappa shape index (κ2) is 5.07. The van der Waals surface area contributed by atoms with Gasteiger partial charge in [0.25, 0.3) is 0 Å². The van der Waals surface area contributed by atoms with Crippen molar-refractivity contribution in [3.05, 3.63) is 18.1 Å². The van der Waals surface area contributed by atoms with E-state index in [-0.39, 0.29) is 0 Å². The number of nitrogens with one attached hydrogen (secondary N) is 1.